The van der Waals surface area contributed by atoms with Crippen LogP contribution in [0.25, 0.3) is 10.9 Å². The summed E-state index contributed by atoms with van der Waals surface area (Å²) in [6.07, 6.45) is 3.16. The summed E-state index contributed by atoms with van der Waals surface area (Å²) in [5, 5.41) is 0.787. The maximum Gasteiger partial charge on any atom is 0.133 e. The van der Waals surface area contributed by atoms with Crippen molar-refractivity contribution in [1.82, 2.24) is 9.97 Å². The van der Waals surface area contributed by atoms with E-state index >= 15 is 0 Å². The van der Waals surface area contributed by atoms with Gasteiger partial charge in [0.15, 0.2) is 0 Å². The molecule has 4 nitrogen and oxygen atoms in total. The zero-order chi connectivity index (χ0) is 13.2. The van der Waals surface area contributed by atoms with E-state index in [1.54, 1.807) is 0 Å². The zero-order valence-electron chi connectivity index (χ0n) is 10.7. The summed E-state index contributed by atoms with van der Waals surface area (Å²) in [4.78, 5) is 8.25. The molecular weight excluding hydrogens is 247 g/mol. The molecule has 0 N–H and O–H groups in total. The topological polar surface area (TPSA) is 44.2 Å². The molecule has 1 aliphatic rings. The monoisotopic (exact) mass is 262 g/mol. The molecule has 0 saturated carbocycles. The van der Waals surface area contributed by atoms with Gasteiger partial charge in [-0.15, -0.1) is 0 Å². The fourth-order valence-corrected chi connectivity index (χ4v) is 2.34. The summed E-state index contributed by atoms with van der Waals surface area (Å²) in [7, 11) is 0. The molecule has 1 aromatic heterocycles. The Kier molecular flexibility index (Phi) is 3.29. The minimum atomic E-state index is -0.340. The third kappa shape index (κ3) is 2.51. The molecule has 3 rings (SSSR count). The number of nitrogens with zero attached hydrogens (tertiary/aromatic N) is 2. The van der Waals surface area contributed by atoms with Crippen LogP contribution in [0.15, 0.2) is 18.5 Å². The molecular formula is C14H15FN2O2. The Hall–Kier alpha value is -1.75. The summed E-state index contributed by atoms with van der Waals surface area (Å²) in [5.74, 6) is 0.188. The van der Waals surface area contributed by atoms with E-state index in [1.807, 2.05) is 6.92 Å². The summed E-state index contributed by atoms with van der Waals surface area (Å²) in [5.41, 5.74) is 1.38. The van der Waals surface area contributed by atoms with E-state index in [-0.39, 0.29) is 11.9 Å². The van der Waals surface area contributed by atoms with Gasteiger partial charge in [0.2, 0.25) is 0 Å². The first-order valence-corrected chi connectivity index (χ1v) is 6.39. The summed E-state index contributed by atoms with van der Waals surface area (Å²) < 4.78 is 24.8. The molecule has 1 aliphatic heterocycles. The lowest BCUT2D eigenvalue weighted by Crippen LogP contribution is -2.26. The van der Waals surface area contributed by atoms with E-state index < -0.39 is 0 Å². The van der Waals surface area contributed by atoms with E-state index in [1.165, 1.54) is 18.5 Å². The fourth-order valence-electron chi connectivity index (χ4n) is 2.34. The Morgan fingerprint density at radius 1 is 1.26 bits per heavy atom. The minimum Gasteiger partial charge on any atom is -0.489 e. The Balaban J connectivity index is 2.01. The normalized spacial score (nSPS) is 16.7. The third-order valence-electron chi connectivity index (χ3n) is 3.32. The fraction of sp³-hybridized carbons (Fsp3) is 0.429. The van der Waals surface area contributed by atoms with Gasteiger partial charge >= 0.3 is 0 Å². The van der Waals surface area contributed by atoms with Crippen molar-refractivity contribution in [3.8, 4) is 5.75 Å². The molecule has 0 spiro atoms. The molecule has 0 radical (unpaired) electrons. The first-order chi connectivity index (χ1) is 9.24. The van der Waals surface area contributed by atoms with Crippen molar-refractivity contribution in [2.75, 3.05) is 13.2 Å². The number of fused-ring (bicyclic) bond motifs is 1. The molecule has 0 amide bonds. The van der Waals surface area contributed by atoms with Crippen LogP contribution in [-0.2, 0) is 4.74 Å². The lowest BCUT2D eigenvalue weighted by molar-refractivity contribution is 0.0260. The number of benzene rings is 1. The molecule has 0 atom stereocenters. The quantitative estimate of drug-likeness (QED) is 0.834. The summed E-state index contributed by atoms with van der Waals surface area (Å²) >= 11 is 0. The average Bonchev–Trinajstić information content (AvgIpc) is 2.39. The van der Waals surface area contributed by atoms with Crippen molar-refractivity contribution in [2.45, 2.75) is 25.9 Å². The van der Waals surface area contributed by atoms with E-state index in [4.69, 9.17) is 9.47 Å². The van der Waals surface area contributed by atoms with Crippen molar-refractivity contribution in [3.05, 3.63) is 30.0 Å². The van der Waals surface area contributed by atoms with E-state index in [2.05, 4.69) is 9.97 Å². The minimum absolute atomic E-state index is 0.0679. The SMILES string of the molecule is Cc1ncnc2cc(F)cc(OC3CCOCC3)c12. The first-order valence-electron chi connectivity index (χ1n) is 6.39. The predicted octanol–water partition coefficient (Wildman–Crippen LogP) is 2.64. The molecule has 1 fully saturated rings. The molecule has 5 heteroatoms. The largest absolute Gasteiger partial charge is 0.489 e. The molecule has 1 aromatic carbocycles. The summed E-state index contributed by atoms with van der Waals surface area (Å²) in [6, 6.07) is 2.81. The Morgan fingerprint density at radius 3 is 2.84 bits per heavy atom. The Labute approximate surface area is 110 Å². The molecule has 100 valence electrons. The van der Waals surface area contributed by atoms with Crippen molar-refractivity contribution < 1.29 is 13.9 Å². The van der Waals surface area contributed by atoms with Gasteiger partial charge in [0, 0.05) is 25.0 Å². The van der Waals surface area contributed by atoms with Crippen LogP contribution < -0.4 is 4.74 Å². The second-order valence-corrected chi connectivity index (χ2v) is 4.69. The lowest BCUT2D eigenvalue weighted by atomic mass is 10.1. The highest BCUT2D eigenvalue weighted by atomic mass is 19.1. The van der Waals surface area contributed by atoms with Crippen LogP contribution in [0.4, 0.5) is 4.39 Å². The molecule has 2 aromatic rings. The first kappa shape index (κ1) is 12.3. The number of ether oxygens (including phenoxy) is 2. The van der Waals surface area contributed by atoms with Crippen molar-refractivity contribution in [1.29, 1.82) is 0 Å². The highest BCUT2D eigenvalue weighted by Crippen LogP contribution is 2.29. The molecule has 0 bridgehead atoms. The van der Waals surface area contributed by atoms with E-state index in [0.29, 0.717) is 24.5 Å². The van der Waals surface area contributed by atoms with Gasteiger partial charge < -0.3 is 9.47 Å². The second-order valence-electron chi connectivity index (χ2n) is 4.69. The van der Waals surface area contributed by atoms with Gasteiger partial charge in [-0.3, -0.25) is 0 Å². The van der Waals surface area contributed by atoms with Gasteiger partial charge in [0.05, 0.1) is 29.8 Å². The van der Waals surface area contributed by atoms with Crippen LogP contribution in [0.3, 0.4) is 0 Å². The van der Waals surface area contributed by atoms with Crippen LogP contribution in [0.5, 0.6) is 5.75 Å². The van der Waals surface area contributed by atoms with E-state index in [0.717, 1.165) is 23.9 Å². The number of hydrogen-bond donors (Lipinski definition) is 0. The highest BCUT2D eigenvalue weighted by Gasteiger charge is 2.18. The number of aromatic nitrogens is 2. The van der Waals surface area contributed by atoms with Gasteiger partial charge in [-0.25, -0.2) is 14.4 Å². The lowest BCUT2D eigenvalue weighted by Gasteiger charge is -2.24. The Bertz CT molecular complexity index is 597. The van der Waals surface area contributed by atoms with Gasteiger partial charge in [-0.1, -0.05) is 0 Å². The van der Waals surface area contributed by atoms with Crippen LogP contribution >= 0.6 is 0 Å². The summed E-state index contributed by atoms with van der Waals surface area (Å²) in [6.45, 7) is 3.25. The van der Waals surface area contributed by atoms with Crippen LogP contribution in [-0.4, -0.2) is 29.3 Å². The molecule has 0 aliphatic carbocycles. The number of rotatable bonds is 2. The maximum absolute atomic E-state index is 13.6. The van der Waals surface area contributed by atoms with Gasteiger partial charge in [-0.05, 0) is 6.92 Å². The van der Waals surface area contributed by atoms with Crippen molar-refractivity contribution in [2.24, 2.45) is 0 Å². The zero-order valence-corrected chi connectivity index (χ0v) is 10.7. The predicted molar refractivity (Wildman–Crippen MR) is 68.7 cm³/mol. The molecule has 1 saturated heterocycles. The number of hydrogen-bond acceptors (Lipinski definition) is 4. The maximum atomic E-state index is 13.6. The van der Waals surface area contributed by atoms with Crippen LogP contribution in [0, 0.1) is 12.7 Å². The number of aryl methyl sites for hydroxylation is 1. The Morgan fingerprint density at radius 2 is 2.05 bits per heavy atom. The standard InChI is InChI=1S/C14H15FN2O2/c1-9-14-12(17-8-16-9)6-10(15)7-13(14)19-11-2-4-18-5-3-11/h6-8,11H,2-5H2,1H3. The molecule has 0 unspecified atom stereocenters. The smallest absolute Gasteiger partial charge is 0.133 e. The average molecular weight is 262 g/mol. The third-order valence-corrected chi connectivity index (χ3v) is 3.32. The van der Waals surface area contributed by atoms with Crippen LogP contribution in [0.1, 0.15) is 18.5 Å². The van der Waals surface area contributed by atoms with Crippen LogP contribution in [0.2, 0.25) is 0 Å². The molecule has 2 heterocycles. The van der Waals surface area contributed by atoms with Gasteiger partial charge in [-0.2, -0.15) is 0 Å². The highest BCUT2D eigenvalue weighted by molar-refractivity contribution is 5.87. The van der Waals surface area contributed by atoms with E-state index in [9.17, 15) is 4.39 Å². The van der Waals surface area contributed by atoms with Crippen molar-refractivity contribution in [3.63, 3.8) is 0 Å². The van der Waals surface area contributed by atoms with Gasteiger partial charge in [0.1, 0.15) is 24.0 Å². The van der Waals surface area contributed by atoms with Gasteiger partial charge in [0.25, 0.3) is 0 Å². The second kappa shape index (κ2) is 5.09. The molecule has 19 heavy (non-hydrogen) atoms. The van der Waals surface area contributed by atoms with Crippen molar-refractivity contribution >= 4 is 10.9 Å². The number of halogens is 1.